The summed E-state index contributed by atoms with van der Waals surface area (Å²) >= 11 is 0. The minimum absolute atomic E-state index is 0.0974. The van der Waals surface area contributed by atoms with Crippen molar-refractivity contribution in [2.45, 2.75) is 38.5 Å². The van der Waals surface area contributed by atoms with E-state index in [9.17, 15) is 10.1 Å². The van der Waals surface area contributed by atoms with Crippen molar-refractivity contribution in [1.82, 2.24) is 0 Å². The third kappa shape index (κ3) is 0.932. The molecule has 0 amide bonds. The van der Waals surface area contributed by atoms with Crippen LogP contribution >= 0.6 is 0 Å². The maximum atomic E-state index is 11.2. The van der Waals surface area contributed by atoms with Crippen molar-refractivity contribution < 1.29 is 4.79 Å². The molecule has 74 valence electrons. The molecule has 2 heteroatoms. The van der Waals surface area contributed by atoms with Gasteiger partial charge in [-0.15, -0.1) is 0 Å². The fourth-order valence-electron chi connectivity index (χ4n) is 4.60. The van der Waals surface area contributed by atoms with Crippen LogP contribution in [0.4, 0.5) is 0 Å². The fourth-order valence-corrected chi connectivity index (χ4v) is 4.60. The Bertz CT molecular complexity index is 314. The van der Waals surface area contributed by atoms with Gasteiger partial charge in [-0.25, -0.2) is 0 Å². The van der Waals surface area contributed by atoms with Crippen LogP contribution in [0.5, 0.6) is 0 Å². The molecule has 0 aromatic carbocycles. The van der Waals surface area contributed by atoms with Gasteiger partial charge in [0.25, 0.3) is 0 Å². The quantitative estimate of drug-likeness (QED) is 0.594. The van der Waals surface area contributed by atoms with Gasteiger partial charge in [-0.2, -0.15) is 5.26 Å². The second kappa shape index (κ2) is 2.39. The van der Waals surface area contributed by atoms with E-state index in [-0.39, 0.29) is 10.8 Å². The van der Waals surface area contributed by atoms with Gasteiger partial charge >= 0.3 is 0 Å². The first kappa shape index (κ1) is 8.47. The van der Waals surface area contributed by atoms with Crippen LogP contribution in [0.1, 0.15) is 38.5 Å². The standard InChI is InChI=1S/C12H15NO/c13-7-11-2-9-1-10(3-11)5-12(4-9,6-11)8-14/h8-10H,1-6H2. The van der Waals surface area contributed by atoms with Crippen LogP contribution < -0.4 is 0 Å². The molecule has 2 unspecified atom stereocenters. The fraction of sp³-hybridized carbons (Fsp3) is 0.833. The van der Waals surface area contributed by atoms with Gasteiger partial charge in [0.1, 0.15) is 6.29 Å². The number of nitriles is 1. The number of carbonyl (C=O) groups is 1. The molecule has 4 aliphatic carbocycles. The van der Waals surface area contributed by atoms with Crippen molar-refractivity contribution in [2.24, 2.45) is 22.7 Å². The minimum atomic E-state index is -0.120. The van der Waals surface area contributed by atoms with E-state index in [0.29, 0.717) is 11.8 Å². The van der Waals surface area contributed by atoms with Gasteiger partial charge in [0.2, 0.25) is 0 Å². The Kier molecular flexibility index (Phi) is 1.45. The van der Waals surface area contributed by atoms with Crippen LogP contribution in [0.15, 0.2) is 0 Å². The zero-order valence-electron chi connectivity index (χ0n) is 8.33. The second-order valence-electron chi connectivity index (χ2n) is 5.83. The molecular formula is C12H15NO. The highest BCUT2D eigenvalue weighted by Crippen LogP contribution is 2.64. The number of nitrogens with zero attached hydrogens (tertiary/aromatic N) is 1. The summed E-state index contributed by atoms with van der Waals surface area (Å²) in [5.74, 6) is 1.34. The van der Waals surface area contributed by atoms with Gasteiger partial charge in [0.15, 0.2) is 0 Å². The Morgan fingerprint density at radius 1 is 1.21 bits per heavy atom. The average molecular weight is 189 g/mol. The van der Waals surface area contributed by atoms with Gasteiger partial charge in [-0.05, 0) is 50.4 Å². The third-order valence-corrected chi connectivity index (χ3v) is 4.59. The van der Waals surface area contributed by atoms with Gasteiger partial charge < -0.3 is 4.79 Å². The van der Waals surface area contributed by atoms with Crippen LogP contribution in [0.3, 0.4) is 0 Å². The number of hydrogen-bond donors (Lipinski definition) is 0. The third-order valence-electron chi connectivity index (χ3n) is 4.59. The number of aldehydes is 1. The molecule has 4 bridgehead atoms. The molecule has 0 saturated heterocycles. The van der Waals surface area contributed by atoms with Gasteiger partial charge in [-0.1, -0.05) is 0 Å². The summed E-state index contributed by atoms with van der Waals surface area (Å²) in [5, 5.41) is 9.28. The molecule has 0 heterocycles. The van der Waals surface area contributed by atoms with Gasteiger partial charge in [-0.3, -0.25) is 0 Å². The summed E-state index contributed by atoms with van der Waals surface area (Å²) in [6.45, 7) is 0. The number of hydrogen-bond acceptors (Lipinski definition) is 2. The van der Waals surface area contributed by atoms with Gasteiger partial charge in [0.05, 0.1) is 11.5 Å². The molecule has 4 aliphatic rings. The monoisotopic (exact) mass is 189 g/mol. The van der Waals surface area contributed by atoms with Crippen LogP contribution in [0, 0.1) is 34.0 Å². The van der Waals surface area contributed by atoms with E-state index in [1.165, 1.54) is 6.42 Å². The normalized spacial score (nSPS) is 54.2. The van der Waals surface area contributed by atoms with Crippen molar-refractivity contribution in [3.63, 3.8) is 0 Å². The van der Waals surface area contributed by atoms with E-state index in [1.807, 2.05) is 0 Å². The van der Waals surface area contributed by atoms with Crippen molar-refractivity contribution >= 4 is 6.29 Å². The predicted octanol–water partition coefficient (Wildman–Crippen LogP) is 2.30. The van der Waals surface area contributed by atoms with E-state index in [1.54, 1.807) is 0 Å². The molecule has 0 aliphatic heterocycles. The highest BCUT2D eigenvalue weighted by Gasteiger charge is 2.58. The largest absolute Gasteiger partial charge is 0.303 e. The summed E-state index contributed by atoms with van der Waals surface area (Å²) in [4.78, 5) is 11.2. The van der Waals surface area contributed by atoms with Crippen molar-refractivity contribution in [2.75, 3.05) is 0 Å². The van der Waals surface area contributed by atoms with E-state index in [4.69, 9.17) is 0 Å². The smallest absolute Gasteiger partial charge is 0.126 e. The van der Waals surface area contributed by atoms with E-state index in [2.05, 4.69) is 6.07 Å². The summed E-state index contributed by atoms with van der Waals surface area (Å²) in [7, 11) is 0. The maximum absolute atomic E-state index is 11.2. The summed E-state index contributed by atoms with van der Waals surface area (Å²) < 4.78 is 0. The number of carbonyl (C=O) groups excluding carboxylic acids is 1. The van der Waals surface area contributed by atoms with Crippen molar-refractivity contribution in [3.05, 3.63) is 0 Å². The highest BCUT2D eigenvalue weighted by molar-refractivity contribution is 5.61. The first-order valence-corrected chi connectivity index (χ1v) is 5.57. The lowest BCUT2D eigenvalue weighted by atomic mass is 9.45. The Morgan fingerprint density at radius 2 is 1.86 bits per heavy atom. The van der Waals surface area contributed by atoms with Crippen molar-refractivity contribution in [1.29, 1.82) is 5.26 Å². The van der Waals surface area contributed by atoms with E-state index >= 15 is 0 Å². The molecule has 4 saturated carbocycles. The maximum Gasteiger partial charge on any atom is 0.126 e. The first-order valence-electron chi connectivity index (χ1n) is 5.57. The zero-order chi connectivity index (χ0) is 9.81. The topological polar surface area (TPSA) is 40.9 Å². The zero-order valence-corrected chi connectivity index (χ0v) is 8.33. The molecule has 4 fully saturated rings. The highest BCUT2D eigenvalue weighted by atomic mass is 16.1. The Morgan fingerprint density at radius 3 is 2.36 bits per heavy atom. The van der Waals surface area contributed by atoms with E-state index in [0.717, 1.165) is 38.4 Å². The molecule has 4 rings (SSSR count). The second-order valence-corrected chi connectivity index (χ2v) is 5.83. The SMILES string of the molecule is N#CC12CC3CC(C1)CC(C=O)(C3)C2. The first-order chi connectivity index (χ1) is 6.69. The van der Waals surface area contributed by atoms with Gasteiger partial charge in [0, 0.05) is 5.41 Å². The Balaban J connectivity index is 2.03. The molecule has 0 radical (unpaired) electrons. The number of rotatable bonds is 1. The van der Waals surface area contributed by atoms with E-state index < -0.39 is 0 Å². The van der Waals surface area contributed by atoms with Crippen LogP contribution in [0.25, 0.3) is 0 Å². The molecule has 0 aromatic heterocycles. The molecule has 2 nitrogen and oxygen atoms in total. The molecular weight excluding hydrogens is 174 g/mol. The lowest BCUT2D eigenvalue weighted by Gasteiger charge is -2.57. The molecule has 14 heavy (non-hydrogen) atoms. The summed E-state index contributed by atoms with van der Waals surface area (Å²) in [6, 6.07) is 2.51. The molecule has 0 N–H and O–H groups in total. The Hall–Kier alpha value is -0.840. The minimum Gasteiger partial charge on any atom is -0.303 e. The average Bonchev–Trinajstić information content (AvgIpc) is 2.16. The predicted molar refractivity (Wildman–Crippen MR) is 51.2 cm³/mol. The van der Waals surface area contributed by atoms with Crippen molar-refractivity contribution in [3.8, 4) is 6.07 Å². The molecule has 0 aromatic rings. The van der Waals surface area contributed by atoms with Crippen LogP contribution in [0.2, 0.25) is 0 Å². The lowest BCUT2D eigenvalue weighted by Crippen LogP contribution is -2.52. The van der Waals surface area contributed by atoms with Crippen LogP contribution in [-0.4, -0.2) is 6.29 Å². The Labute approximate surface area is 84.3 Å². The summed E-state index contributed by atoms with van der Waals surface area (Å²) in [5.41, 5.74) is -0.217. The lowest BCUT2D eigenvalue weighted by molar-refractivity contribution is -0.135. The molecule has 0 spiro atoms. The molecule has 2 atom stereocenters. The van der Waals surface area contributed by atoms with Crippen LogP contribution in [-0.2, 0) is 4.79 Å². The summed E-state index contributed by atoms with van der Waals surface area (Å²) in [6.07, 6.45) is 7.56.